The van der Waals surface area contributed by atoms with Crippen LogP contribution in [0.4, 0.5) is 5.69 Å². The minimum absolute atomic E-state index is 0.0939. The molecule has 1 fully saturated rings. The van der Waals surface area contributed by atoms with Gasteiger partial charge >= 0.3 is 0 Å². The average Bonchev–Trinajstić information content (AvgIpc) is 3.22. The molecule has 0 saturated carbocycles. The van der Waals surface area contributed by atoms with Gasteiger partial charge in [-0.1, -0.05) is 0 Å². The largest absolute Gasteiger partial charge is 0.497 e. The summed E-state index contributed by atoms with van der Waals surface area (Å²) in [4.78, 5) is 30.9. The van der Waals surface area contributed by atoms with Crippen molar-refractivity contribution < 1.29 is 19.1 Å². The third-order valence-electron chi connectivity index (χ3n) is 4.30. The molecule has 1 saturated heterocycles. The summed E-state index contributed by atoms with van der Waals surface area (Å²) in [6.07, 6.45) is 4.94. The monoisotopic (exact) mass is 355 g/mol. The molecular formula is C19H21N3O4. The molecule has 7 nitrogen and oxygen atoms in total. The average molecular weight is 355 g/mol. The van der Waals surface area contributed by atoms with Gasteiger partial charge in [0.05, 0.1) is 31.0 Å². The summed E-state index contributed by atoms with van der Waals surface area (Å²) in [6, 6.07) is 6.68. The predicted octanol–water partition coefficient (Wildman–Crippen LogP) is 2.59. The first-order valence-corrected chi connectivity index (χ1v) is 8.40. The molecular weight excluding hydrogens is 334 g/mol. The van der Waals surface area contributed by atoms with Crippen molar-refractivity contribution in [1.29, 1.82) is 0 Å². The number of rotatable bonds is 5. The zero-order valence-electron chi connectivity index (χ0n) is 14.8. The van der Waals surface area contributed by atoms with Crippen LogP contribution in [0.2, 0.25) is 0 Å². The second-order valence-corrected chi connectivity index (χ2v) is 5.98. The van der Waals surface area contributed by atoms with Crippen molar-refractivity contribution >= 4 is 17.5 Å². The number of pyridine rings is 1. The van der Waals surface area contributed by atoms with Crippen LogP contribution >= 0.6 is 0 Å². The lowest BCUT2D eigenvalue weighted by atomic mass is 10.1. The molecule has 0 radical (unpaired) electrons. The van der Waals surface area contributed by atoms with Gasteiger partial charge in [-0.15, -0.1) is 0 Å². The smallest absolute Gasteiger partial charge is 0.257 e. The minimum Gasteiger partial charge on any atom is -0.497 e. The summed E-state index contributed by atoms with van der Waals surface area (Å²) < 4.78 is 10.4. The van der Waals surface area contributed by atoms with E-state index in [1.165, 1.54) is 19.5 Å². The van der Waals surface area contributed by atoms with Crippen LogP contribution in [0.1, 0.15) is 33.6 Å². The molecule has 0 bridgehead atoms. The molecule has 1 aliphatic heterocycles. The fourth-order valence-electron chi connectivity index (χ4n) is 2.89. The van der Waals surface area contributed by atoms with Crippen LogP contribution in [0.5, 0.6) is 11.5 Å². The van der Waals surface area contributed by atoms with Crippen molar-refractivity contribution in [2.75, 3.05) is 32.6 Å². The number of nitrogens with zero attached hydrogens (tertiary/aromatic N) is 2. The fraction of sp³-hybridized carbons (Fsp3) is 0.316. The van der Waals surface area contributed by atoms with Gasteiger partial charge in [-0.05, 0) is 31.0 Å². The zero-order valence-corrected chi connectivity index (χ0v) is 14.8. The summed E-state index contributed by atoms with van der Waals surface area (Å²) in [5, 5.41) is 2.78. The Bertz CT molecular complexity index is 816. The maximum Gasteiger partial charge on any atom is 0.257 e. The van der Waals surface area contributed by atoms with Crippen LogP contribution in [0.3, 0.4) is 0 Å². The lowest BCUT2D eigenvalue weighted by Crippen LogP contribution is -2.28. The standard InChI is InChI=1S/C19H21N3O4/c1-25-15-5-6-17(26-2)16(10-15)21-18(23)13-9-14(12-20-11-13)19(24)22-7-3-4-8-22/h5-6,9-12H,3-4,7-8H2,1-2H3,(H,21,23). The lowest BCUT2D eigenvalue weighted by Gasteiger charge is -2.15. The van der Waals surface area contributed by atoms with Crippen LogP contribution in [0, 0.1) is 0 Å². The van der Waals surface area contributed by atoms with E-state index >= 15 is 0 Å². The zero-order chi connectivity index (χ0) is 18.5. The van der Waals surface area contributed by atoms with Gasteiger partial charge in [0.1, 0.15) is 11.5 Å². The molecule has 2 aromatic rings. The van der Waals surface area contributed by atoms with E-state index in [4.69, 9.17) is 9.47 Å². The van der Waals surface area contributed by atoms with Crippen LogP contribution in [-0.2, 0) is 0 Å². The number of carbonyl (C=O) groups is 2. The minimum atomic E-state index is -0.375. The molecule has 0 spiro atoms. The Hall–Kier alpha value is -3.09. The number of aromatic nitrogens is 1. The molecule has 7 heteroatoms. The van der Waals surface area contributed by atoms with E-state index < -0.39 is 0 Å². The van der Waals surface area contributed by atoms with E-state index in [1.54, 1.807) is 36.3 Å². The Morgan fingerprint density at radius 3 is 2.46 bits per heavy atom. The second-order valence-electron chi connectivity index (χ2n) is 5.98. The highest BCUT2D eigenvalue weighted by atomic mass is 16.5. The van der Waals surface area contributed by atoms with Gasteiger partial charge in [-0.3, -0.25) is 14.6 Å². The number of carbonyl (C=O) groups excluding carboxylic acids is 2. The van der Waals surface area contributed by atoms with Gasteiger partial charge in [0.25, 0.3) is 11.8 Å². The number of benzene rings is 1. The summed E-state index contributed by atoms with van der Waals surface area (Å²) in [5.74, 6) is 0.636. The molecule has 136 valence electrons. The second kappa shape index (κ2) is 7.86. The van der Waals surface area contributed by atoms with Gasteiger partial charge in [0.2, 0.25) is 0 Å². The lowest BCUT2D eigenvalue weighted by molar-refractivity contribution is 0.0792. The first-order valence-electron chi connectivity index (χ1n) is 8.40. The molecule has 0 aliphatic carbocycles. The van der Waals surface area contributed by atoms with Crippen molar-refractivity contribution in [2.45, 2.75) is 12.8 Å². The number of amides is 2. The highest BCUT2D eigenvalue weighted by Gasteiger charge is 2.21. The van der Waals surface area contributed by atoms with E-state index in [1.807, 2.05) is 0 Å². The van der Waals surface area contributed by atoms with E-state index in [9.17, 15) is 9.59 Å². The van der Waals surface area contributed by atoms with Crippen molar-refractivity contribution in [3.05, 3.63) is 47.8 Å². The number of anilines is 1. The SMILES string of the molecule is COc1ccc(OC)c(NC(=O)c2cncc(C(=O)N3CCCC3)c2)c1. The van der Waals surface area contributed by atoms with E-state index in [2.05, 4.69) is 10.3 Å². The maximum atomic E-state index is 12.6. The highest BCUT2D eigenvalue weighted by Crippen LogP contribution is 2.29. The van der Waals surface area contributed by atoms with E-state index in [0.29, 0.717) is 28.3 Å². The molecule has 3 rings (SSSR count). The van der Waals surface area contributed by atoms with Crippen molar-refractivity contribution in [3.8, 4) is 11.5 Å². The molecule has 2 heterocycles. The molecule has 26 heavy (non-hydrogen) atoms. The molecule has 1 N–H and O–H groups in total. The predicted molar refractivity (Wildman–Crippen MR) is 96.9 cm³/mol. The molecule has 2 amide bonds. The Kier molecular flexibility index (Phi) is 5.36. The van der Waals surface area contributed by atoms with Gasteiger partial charge in [-0.25, -0.2) is 0 Å². The third-order valence-corrected chi connectivity index (χ3v) is 4.30. The van der Waals surface area contributed by atoms with Gasteiger partial charge in [0, 0.05) is 31.5 Å². The third kappa shape index (κ3) is 3.77. The summed E-state index contributed by atoms with van der Waals surface area (Å²) >= 11 is 0. The Balaban J connectivity index is 1.80. The normalized spacial score (nSPS) is 13.4. The van der Waals surface area contributed by atoms with E-state index in [0.717, 1.165) is 25.9 Å². The summed E-state index contributed by atoms with van der Waals surface area (Å²) in [7, 11) is 3.07. The van der Waals surface area contributed by atoms with E-state index in [-0.39, 0.29) is 11.8 Å². The molecule has 0 unspecified atom stereocenters. The topological polar surface area (TPSA) is 80.8 Å². The fourth-order valence-corrected chi connectivity index (χ4v) is 2.89. The Labute approximate surface area is 151 Å². The Morgan fingerprint density at radius 2 is 1.77 bits per heavy atom. The molecule has 1 aromatic carbocycles. The van der Waals surface area contributed by atoms with Gasteiger partial charge in [0.15, 0.2) is 0 Å². The van der Waals surface area contributed by atoms with Crippen molar-refractivity contribution in [2.24, 2.45) is 0 Å². The van der Waals surface area contributed by atoms with Crippen molar-refractivity contribution in [1.82, 2.24) is 9.88 Å². The number of methoxy groups -OCH3 is 2. The van der Waals surface area contributed by atoms with Crippen molar-refractivity contribution in [3.63, 3.8) is 0 Å². The van der Waals surface area contributed by atoms with Crippen LogP contribution < -0.4 is 14.8 Å². The quantitative estimate of drug-likeness (QED) is 0.892. The number of nitrogens with one attached hydrogen (secondary N) is 1. The number of hydrogen-bond acceptors (Lipinski definition) is 5. The molecule has 1 aliphatic rings. The number of ether oxygens (including phenoxy) is 2. The van der Waals surface area contributed by atoms with Gasteiger partial charge in [-0.2, -0.15) is 0 Å². The Morgan fingerprint density at radius 1 is 1.04 bits per heavy atom. The first-order chi connectivity index (χ1) is 12.6. The van der Waals surface area contributed by atoms with Crippen LogP contribution in [0.15, 0.2) is 36.7 Å². The maximum absolute atomic E-state index is 12.6. The molecule has 0 atom stereocenters. The highest BCUT2D eigenvalue weighted by molar-refractivity contribution is 6.06. The first kappa shape index (κ1) is 17.7. The summed E-state index contributed by atoms with van der Waals surface area (Å²) in [6.45, 7) is 1.49. The van der Waals surface area contributed by atoms with Crippen LogP contribution in [0.25, 0.3) is 0 Å². The van der Waals surface area contributed by atoms with Gasteiger partial charge < -0.3 is 19.7 Å². The number of hydrogen-bond donors (Lipinski definition) is 1. The number of likely N-dealkylation sites (tertiary alicyclic amines) is 1. The van der Waals surface area contributed by atoms with Crippen LogP contribution in [-0.4, -0.2) is 49.0 Å². The summed E-state index contributed by atoms with van der Waals surface area (Å²) in [5.41, 5.74) is 1.20. The molecule has 1 aromatic heterocycles.